The van der Waals surface area contributed by atoms with Crippen molar-refractivity contribution in [3.63, 3.8) is 0 Å². The number of nitrogens with two attached hydrogens (primary N) is 1. The molecule has 1 unspecified atom stereocenters. The van der Waals surface area contributed by atoms with Crippen molar-refractivity contribution in [1.82, 2.24) is 15.0 Å². The third-order valence-corrected chi connectivity index (χ3v) is 4.17. The summed E-state index contributed by atoms with van der Waals surface area (Å²) in [5.41, 5.74) is 6.78. The molecule has 0 aliphatic heterocycles. The summed E-state index contributed by atoms with van der Waals surface area (Å²) >= 11 is 0. The van der Waals surface area contributed by atoms with Gasteiger partial charge in [0, 0.05) is 18.2 Å². The Morgan fingerprint density at radius 2 is 2.09 bits per heavy atom. The zero-order valence-corrected chi connectivity index (χ0v) is 13.0. The maximum Gasteiger partial charge on any atom is 0.241 e. The maximum absolute atomic E-state index is 5.87. The number of ether oxygens (including phenoxy) is 1. The number of benzene rings is 1. The zero-order chi connectivity index (χ0) is 15.5. The van der Waals surface area contributed by atoms with E-state index < -0.39 is 0 Å². The van der Waals surface area contributed by atoms with E-state index in [1.165, 1.54) is 12.8 Å². The van der Waals surface area contributed by atoms with Gasteiger partial charge in [0.15, 0.2) is 0 Å². The standard InChI is InChI=1S/C16H22N4O2/c1-20(14(9-17)11-3-4-11)10-15-18-16(19-22-15)12-5-7-13(21-2)8-6-12/h5-8,11,14H,3-4,9-10,17H2,1-2H3. The van der Waals surface area contributed by atoms with Gasteiger partial charge in [0.1, 0.15) is 5.75 Å². The van der Waals surface area contributed by atoms with E-state index >= 15 is 0 Å². The van der Waals surface area contributed by atoms with Crippen molar-refractivity contribution in [3.8, 4) is 17.1 Å². The molecule has 2 N–H and O–H groups in total. The molecule has 0 spiro atoms. The second kappa shape index (κ2) is 6.46. The average molecular weight is 302 g/mol. The molecule has 0 saturated heterocycles. The number of aromatic nitrogens is 2. The van der Waals surface area contributed by atoms with Crippen LogP contribution in [0.3, 0.4) is 0 Å². The fraction of sp³-hybridized carbons (Fsp3) is 0.500. The van der Waals surface area contributed by atoms with Crippen molar-refractivity contribution in [3.05, 3.63) is 30.2 Å². The van der Waals surface area contributed by atoms with E-state index in [-0.39, 0.29) is 0 Å². The lowest BCUT2D eigenvalue weighted by Gasteiger charge is -2.25. The summed E-state index contributed by atoms with van der Waals surface area (Å²) in [4.78, 5) is 6.68. The SMILES string of the molecule is COc1ccc(-c2noc(CN(C)C(CN)C3CC3)n2)cc1. The fourth-order valence-electron chi connectivity index (χ4n) is 2.72. The monoisotopic (exact) mass is 302 g/mol. The van der Waals surface area contributed by atoms with Crippen molar-refractivity contribution in [2.45, 2.75) is 25.4 Å². The van der Waals surface area contributed by atoms with Gasteiger partial charge in [-0.3, -0.25) is 4.90 Å². The number of likely N-dealkylation sites (N-methyl/N-ethyl adjacent to an activating group) is 1. The van der Waals surface area contributed by atoms with Crippen molar-refractivity contribution < 1.29 is 9.26 Å². The minimum atomic E-state index is 0.399. The van der Waals surface area contributed by atoms with Gasteiger partial charge in [-0.05, 0) is 50.1 Å². The topological polar surface area (TPSA) is 77.4 Å². The average Bonchev–Trinajstić information content (AvgIpc) is 3.26. The van der Waals surface area contributed by atoms with Crippen LogP contribution in [0.5, 0.6) is 5.75 Å². The van der Waals surface area contributed by atoms with Gasteiger partial charge < -0.3 is 15.0 Å². The van der Waals surface area contributed by atoms with Gasteiger partial charge in [-0.2, -0.15) is 4.98 Å². The zero-order valence-electron chi connectivity index (χ0n) is 13.0. The lowest BCUT2D eigenvalue weighted by atomic mass is 10.1. The predicted molar refractivity (Wildman–Crippen MR) is 83.3 cm³/mol. The van der Waals surface area contributed by atoms with Crippen LogP contribution < -0.4 is 10.5 Å². The summed E-state index contributed by atoms with van der Waals surface area (Å²) in [7, 11) is 3.71. The molecule has 3 rings (SSSR count). The van der Waals surface area contributed by atoms with E-state index in [9.17, 15) is 0 Å². The quantitative estimate of drug-likeness (QED) is 0.842. The first kappa shape index (κ1) is 15.0. The molecule has 2 aromatic rings. The largest absolute Gasteiger partial charge is 0.497 e. The van der Waals surface area contributed by atoms with E-state index in [0.717, 1.165) is 17.2 Å². The van der Waals surface area contributed by atoms with Gasteiger partial charge in [0.2, 0.25) is 11.7 Å². The fourth-order valence-corrected chi connectivity index (χ4v) is 2.72. The molecule has 1 fully saturated rings. The number of hydrogen-bond acceptors (Lipinski definition) is 6. The van der Waals surface area contributed by atoms with Crippen molar-refractivity contribution in [2.75, 3.05) is 20.7 Å². The molecule has 1 aliphatic carbocycles. The van der Waals surface area contributed by atoms with E-state index in [0.29, 0.717) is 30.8 Å². The Labute approximate surface area is 130 Å². The molecule has 0 radical (unpaired) electrons. The Kier molecular flexibility index (Phi) is 4.40. The first-order valence-corrected chi connectivity index (χ1v) is 7.58. The van der Waals surface area contributed by atoms with Crippen molar-refractivity contribution in [2.24, 2.45) is 11.7 Å². The molecule has 1 aliphatic rings. The Morgan fingerprint density at radius 1 is 1.36 bits per heavy atom. The summed E-state index contributed by atoms with van der Waals surface area (Å²) in [6.07, 6.45) is 2.54. The minimum absolute atomic E-state index is 0.399. The Hall–Kier alpha value is -1.92. The summed E-state index contributed by atoms with van der Waals surface area (Å²) in [5, 5.41) is 4.06. The molecule has 1 saturated carbocycles. The van der Waals surface area contributed by atoms with Crippen LogP contribution in [0.4, 0.5) is 0 Å². The second-order valence-corrected chi connectivity index (χ2v) is 5.80. The van der Waals surface area contributed by atoms with Crippen LogP contribution in [0, 0.1) is 5.92 Å². The number of nitrogens with zero attached hydrogens (tertiary/aromatic N) is 3. The van der Waals surface area contributed by atoms with Crippen LogP contribution in [0.2, 0.25) is 0 Å². The number of methoxy groups -OCH3 is 1. The van der Waals surface area contributed by atoms with E-state index in [4.69, 9.17) is 15.0 Å². The summed E-state index contributed by atoms with van der Waals surface area (Å²) in [5.74, 6) is 2.75. The summed E-state index contributed by atoms with van der Waals surface area (Å²) in [6, 6.07) is 8.01. The van der Waals surface area contributed by atoms with Gasteiger partial charge in [-0.15, -0.1) is 0 Å². The highest BCUT2D eigenvalue weighted by molar-refractivity contribution is 5.55. The number of hydrogen-bond donors (Lipinski definition) is 1. The smallest absolute Gasteiger partial charge is 0.241 e. The van der Waals surface area contributed by atoms with Crippen molar-refractivity contribution in [1.29, 1.82) is 0 Å². The van der Waals surface area contributed by atoms with Crippen LogP contribution >= 0.6 is 0 Å². The van der Waals surface area contributed by atoms with Gasteiger partial charge in [0.05, 0.1) is 13.7 Å². The molecular weight excluding hydrogens is 280 g/mol. The predicted octanol–water partition coefficient (Wildman–Crippen LogP) is 1.91. The Bertz CT molecular complexity index is 607. The molecule has 1 aromatic heterocycles. The summed E-state index contributed by atoms with van der Waals surface area (Å²) in [6.45, 7) is 1.29. The van der Waals surface area contributed by atoms with Crippen molar-refractivity contribution >= 4 is 0 Å². The van der Waals surface area contributed by atoms with Gasteiger partial charge in [-0.1, -0.05) is 5.16 Å². The first-order chi connectivity index (χ1) is 10.7. The van der Waals surface area contributed by atoms with Crippen LogP contribution in [-0.4, -0.2) is 41.8 Å². The highest BCUT2D eigenvalue weighted by Gasteiger charge is 2.33. The summed E-state index contributed by atoms with van der Waals surface area (Å²) < 4.78 is 10.5. The molecule has 0 bridgehead atoms. The lowest BCUT2D eigenvalue weighted by Crippen LogP contribution is -2.39. The molecule has 22 heavy (non-hydrogen) atoms. The Balaban J connectivity index is 1.67. The maximum atomic E-state index is 5.87. The van der Waals surface area contributed by atoms with Crippen LogP contribution in [0.25, 0.3) is 11.4 Å². The van der Waals surface area contributed by atoms with Gasteiger partial charge >= 0.3 is 0 Å². The third-order valence-electron chi connectivity index (χ3n) is 4.17. The van der Waals surface area contributed by atoms with Crippen LogP contribution in [-0.2, 0) is 6.54 Å². The van der Waals surface area contributed by atoms with E-state index in [1.807, 2.05) is 24.3 Å². The van der Waals surface area contributed by atoms with E-state index in [2.05, 4.69) is 22.1 Å². The molecule has 6 heteroatoms. The molecule has 118 valence electrons. The van der Waals surface area contributed by atoms with Gasteiger partial charge in [0.25, 0.3) is 0 Å². The second-order valence-electron chi connectivity index (χ2n) is 5.80. The first-order valence-electron chi connectivity index (χ1n) is 7.58. The van der Waals surface area contributed by atoms with Crippen LogP contribution in [0.15, 0.2) is 28.8 Å². The molecule has 1 heterocycles. The molecule has 1 atom stereocenters. The molecular formula is C16H22N4O2. The highest BCUT2D eigenvalue weighted by atomic mass is 16.5. The highest BCUT2D eigenvalue weighted by Crippen LogP contribution is 2.34. The normalized spacial score (nSPS) is 16.0. The van der Waals surface area contributed by atoms with E-state index in [1.54, 1.807) is 7.11 Å². The lowest BCUT2D eigenvalue weighted by molar-refractivity contribution is 0.189. The third kappa shape index (κ3) is 3.28. The van der Waals surface area contributed by atoms with Crippen LogP contribution in [0.1, 0.15) is 18.7 Å². The molecule has 0 amide bonds. The molecule has 1 aromatic carbocycles. The number of rotatable bonds is 7. The Morgan fingerprint density at radius 3 is 2.68 bits per heavy atom. The van der Waals surface area contributed by atoms with Gasteiger partial charge in [-0.25, -0.2) is 0 Å². The molecule has 6 nitrogen and oxygen atoms in total. The minimum Gasteiger partial charge on any atom is -0.497 e.